The molecule has 1 aromatic heterocycles. The molecule has 0 bridgehead atoms. The molecule has 2 rings (SSSR count). The van der Waals surface area contributed by atoms with Crippen LogP contribution in [0, 0.1) is 32.6 Å². The van der Waals surface area contributed by atoms with Gasteiger partial charge in [-0.05, 0) is 69.7 Å². The zero-order chi connectivity index (χ0) is 14.7. The highest BCUT2D eigenvalue weighted by atomic mass is 14.9. The fourth-order valence-corrected chi connectivity index (χ4v) is 3.81. The molecule has 0 aromatic carbocycles. The van der Waals surface area contributed by atoms with Gasteiger partial charge < -0.3 is 5.32 Å². The normalized spacial score (nSPS) is 24.6. The minimum atomic E-state index is 0.400. The van der Waals surface area contributed by atoms with Crippen LogP contribution >= 0.6 is 0 Å². The molecule has 0 aliphatic heterocycles. The molecule has 1 aliphatic carbocycles. The van der Waals surface area contributed by atoms with E-state index < -0.39 is 0 Å². The van der Waals surface area contributed by atoms with Crippen LogP contribution in [0.3, 0.4) is 0 Å². The molecule has 0 spiro atoms. The Kier molecular flexibility index (Phi) is 5.20. The van der Waals surface area contributed by atoms with Crippen LogP contribution in [0.25, 0.3) is 0 Å². The highest BCUT2D eigenvalue weighted by Gasteiger charge is 2.22. The van der Waals surface area contributed by atoms with Crippen LogP contribution in [0.1, 0.15) is 68.1 Å². The molecular weight excluding hydrogens is 244 g/mol. The van der Waals surface area contributed by atoms with Crippen molar-refractivity contribution in [2.45, 2.75) is 66.3 Å². The lowest BCUT2D eigenvalue weighted by Crippen LogP contribution is -2.31. The van der Waals surface area contributed by atoms with Gasteiger partial charge in [-0.25, -0.2) is 0 Å². The average Bonchev–Trinajstić information content (AvgIpc) is 2.36. The topological polar surface area (TPSA) is 24.9 Å². The third-order valence-corrected chi connectivity index (χ3v) is 4.99. The van der Waals surface area contributed by atoms with E-state index in [0.717, 1.165) is 24.1 Å². The van der Waals surface area contributed by atoms with E-state index in [-0.39, 0.29) is 0 Å². The molecule has 0 saturated heterocycles. The molecule has 2 heteroatoms. The Bertz CT molecular complexity index is 430. The maximum Gasteiger partial charge on any atom is 0.0426 e. The van der Waals surface area contributed by atoms with Gasteiger partial charge >= 0.3 is 0 Å². The molecule has 1 aromatic rings. The van der Waals surface area contributed by atoms with Gasteiger partial charge in [-0.1, -0.05) is 26.2 Å². The summed E-state index contributed by atoms with van der Waals surface area (Å²) in [6, 6.07) is 2.60. The fourth-order valence-electron chi connectivity index (χ4n) is 3.81. The molecule has 1 fully saturated rings. The van der Waals surface area contributed by atoms with Crippen LogP contribution < -0.4 is 5.32 Å². The van der Waals surface area contributed by atoms with E-state index in [1.807, 2.05) is 0 Å². The minimum Gasteiger partial charge on any atom is -0.310 e. The Labute approximate surface area is 124 Å². The maximum atomic E-state index is 4.63. The van der Waals surface area contributed by atoms with Gasteiger partial charge in [-0.15, -0.1) is 0 Å². The zero-order valence-corrected chi connectivity index (χ0v) is 13.8. The van der Waals surface area contributed by atoms with Gasteiger partial charge in [-0.3, -0.25) is 4.98 Å². The summed E-state index contributed by atoms with van der Waals surface area (Å²) >= 11 is 0. The first kappa shape index (κ1) is 15.5. The van der Waals surface area contributed by atoms with Gasteiger partial charge in [0.2, 0.25) is 0 Å². The van der Waals surface area contributed by atoms with E-state index in [0.29, 0.717) is 6.04 Å². The number of pyridine rings is 1. The van der Waals surface area contributed by atoms with Crippen molar-refractivity contribution in [3.8, 4) is 0 Å². The summed E-state index contributed by atoms with van der Waals surface area (Å²) in [5.74, 6) is 1.73. The second kappa shape index (κ2) is 6.71. The number of nitrogens with zero attached hydrogens (tertiary/aromatic N) is 1. The van der Waals surface area contributed by atoms with Gasteiger partial charge in [0.05, 0.1) is 0 Å². The van der Waals surface area contributed by atoms with Crippen molar-refractivity contribution in [1.82, 2.24) is 10.3 Å². The van der Waals surface area contributed by atoms with Gasteiger partial charge in [0.1, 0.15) is 0 Å². The third kappa shape index (κ3) is 3.60. The van der Waals surface area contributed by atoms with Crippen LogP contribution in [0.2, 0.25) is 0 Å². The molecule has 3 unspecified atom stereocenters. The summed E-state index contributed by atoms with van der Waals surface area (Å²) in [6.45, 7) is 12.3. The second-order valence-corrected chi connectivity index (χ2v) is 6.73. The van der Waals surface area contributed by atoms with Crippen LogP contribution in [0.5, 0.6) is 0 Å². The molecule has 0 radical (unpaired) electrons. The Morgan fingerprint density at radius 1 is 1.25 bits per heavy atom. The lowest BCUT2D eigenvalue weighted by atomic mass is 9.80. The van der Waals surface area contributed by atoms with Crippen molar-refractivity contribution in [3.63, 3.8) is 0 Å². The Morgan fingerprint density at radius 3 is 2.60 bits per heavy atom. The van der Waals surface area contributed by atoms with E-state index in [2.05, 4.69) is 51.0 Å². The Morgan fingerprint density at radius 2 is 1.95 bits per heavy atom. The summed E-state index contributed by atoms with van der Waals surface area (Å²) in [7, 11) is 0. The molecule has 1 saturated carbocycles. The number of hydrogen-bond acceptors (Lipinski definition) is 2. The molecule has 20 heavy (non-hydrogen) atoms. The lowest BCUT2D eigenvalue weighted by Gasteiger charge is -2.30. The van der Waals surface area contributed by atoms with Gasteiger partial charge in [0.15, 0.2) is 0 Å². The summed E-state index contributed by atoms with van der Waals surface area (Å²) in [5.41, 5.74) is 5.06. The fraction of sp³-hybridized carbons (Fsp3) is 0.722. The predicted molar refractivity (Wildman–Crippen MR) is 86.0 cm³/mol. The summed E-state index contributed by atoms with van der Waals surface area (Å²) in [6.07, 6.45) is 5.64. The monoisotopic (exact) mass is 274 g/mol. The number of rotatable bonds is 4. The summed E-state index contributed by atoms with van der Waals surface area (Å²) < 4.78 is 0. The van der Waals surface area contributed by atoms with E-state index in [1.165, 1.54) is 42.5 Å². The van der Waals surface area contributed by atoms with E-state index in [4.69, 9.17) is 0 Å². The van der Waals surface area contributed by atoms with Gasteiger partial charge in [-0.2, -0.15) is 0 Å². The smallest absolute Gasteiger partial charge is 0.0426 e. The molecule has 3 atom stereocenters. The van der Waals surface area contributed by atoms with Crippen LogP contribution in [-0.4, -0.2) is 11.5 Å². The molecule has 112 valence electrons. The highest BCUT2D eigenvalue weighted by molar-refractivity contribution is 5.33. The summed E-state index contributed by atoms with van der Waals surface area (Å²) in [4.78, 5) is 4.63. The van der Waals surface area contributed by atoms with E-state index >= 15 is 0 Å². The predicted octanol–water partition coefficient (Wildman–Crippen LogP) is 4.48. The molecule has 1 heterocycles. The molecule has 0 amide bonds. The number of nitrogens with one attached hydrogen (secondary N) is 1. The largest absolute Gasteiger partial charge is 0.310 e. The second-order valence-electron chi connectivity index (χ2n) is 6.73. The first-order chi connectivity index (χ1) is 9.49. The van der Waals surface area contributed by atoms with Crippen molar-refractivity contribution in [1.29, 1.82) is 0 Å². The van der Waals surface area contributed by atoms with Crippen molar-refractivity contribution < 1.29 is 0 Å². The van der Waals surface area contributed by atoms with Crippen molar-refractivity contribution in [3.05, 3.63) is 28.6 Å². The quantitative estimate of drug-likeness (QED) is 0.875. The minimum absolute atomic E-state index is 0.400. The number of aryl methyl sites for hydroxylation is 3. The van der Waals surface area contributed by atoms with Crippen molar-refractivity contribution in [2.75, 3.05) is 6.54 Å². The first-order valence-electron chi connectivity index (χ1n) is 8.17. The van der Waals surface area contributed by atoms with Crippen molar-refractivity contribution >= 4 is 0 Å². The van der Waals surface area contributed by atoms with E-state index in [9.17, 15) is 0 Å². The average molecular weight is 274 g/mol. The van der Waals surface area contributed by atoms with E-state index in [1.54, 1.807) is 0 Å². The molecule has 1 N–H and O–H groups in total. The van der Waals surface area contributed by atoms with Gasteiger partial charge in [0, 0.05) is 17.4 Å². The molecule has 1 aliphatic rings. The Hall–Kier alpha value is -0.890. The van der Waals surface area contributed by atoms with Crippen LogP contribution in [0.15, 0.2) is 6.07 Å². The zero-order valence-electron chi connectivity index (χ0n) is 13.8. The highest BCUT2D eigenvalue weighted by Crippen LogP contribution is 2.30. The third-order valence-electron chi connectivity index (χ3n) is 4.99. The van der Waals surface area contributed by atoms with Crippen molar-refractivity contribution in [2.24, 2.45) is 11.8 Å². The van der Waals surface area contributed by atoms with Crippen LogP contribution in [-0.2, 0) is 0 Å². The number of hydrogen-bond donors (Lipinski definition) is 1. The Balaban J connectivity index is 1.99. The summed E-state index contributed by atoms with van der Waals surface area (Å²) in [5, 5.41) is 3.76. The SMILES string of the molecule is Cc1cc(C)c(C(C)NCC2CCCCC2C)c(C)n1. The van der Waals surface area contributed by atoms with Crippen LogP contribution in [0.4, 0.5) is 0 Å². The number of aromatic nitrogens is 1. The first-order valence-corrected chi connectivity index (χ1v) is 8.17. The van der Waals surface area contributed by atoms with Gasteiger partial charge in [0.25, 0.3) is 0 Å². The lowest BCUT2D eigenvalue weighted by molar-refractivity contribution is 0.242. The molecule has 2 nitrogen and oxygen atoms in total. The maximum absolute atomic E-state index is 4.63. The standard InChI is InChI=1S/C18H30N2/c1-12-8-6-7-9-17(12)11-19-15(4)18-13(2)10-14(3)20-16(18)5/h10,12,15,17,19H,6-9,11H2,1-5H3. The molecular formula is C18H30N2.